The highest BCUT2D eigenvalue weighted by molar-refractivity contribution is 5.83. The largest absolute Gasteiger partial charge is 0.487 e. The maximum absolute atomic E-state index is 12.0. The molecule has 0 unspecified atom stereocenters. The Labute approximate surface area is 201 Å². The van der Waals surface area contributed by atoms with Gasteiger partial charge in [0.05, 0.1) is 16.5 Å². The van der Waals surface area contributed by atoms with Crippen molar-refractivity contribution in [2.24, 2.45) is 10.7 Å². The number of aliphatic imine (C=N–C) groups is 1. The fraction of sp³-hybridized carbons (Fsp3) is 0.444. The van der Waals surface area contributed by atoms with Gasteiger partial charge in [-0.2, -0.15) is 0 Å². The number of nitro benzene ring substituents is 1. The Hall–Kier alpha value is -3.19. The average Bonchev–Trinajstić information content (AvgIpc) is 3.14. The summed E-state index contributed by atoms with van der Waals surface area (Å²) in [5.41, 5.74) is 11.1. The number of fused-ring (bicyclic) bond motifs is 1. The van der Waals surface area contributed by atoms with Crippen molar-refractivity contribution >= 4 is 17.6 Å². The zero-order valence-electron chi connectivity index (χ0n) is 20.5. The Morgan fingerprint density at radius 3 is 2.56 bits per heavy atom. The first-order valence-corrected chi connectivity index (χ1v) is 11.9. The zero-order valence-corrected chi connectivity index (χ0v) is 20.5. The van der Waals surface area contributed by atoms with Crippen LogP contribution in [-0.2, 0) is 13.0 Å². The number of allylic oxidation sites excluding steroid dienone is 1. The van der Waals surface area contributed by atoms with Gasteiger partial charge in [-0.15, -0.1) is 0 Å². The first-order valence-electron chi connectivity index (χ1n) is 11.9. The first-order chi connectivity index (χ1) is 16.2. The molecular weight excluding hydrogens is 428 g/mol. The van der Waals surface area contributed by atoms with Crippen LogP contribution < -0.4 is 10.5 Å². The van der Waals surface area contributed by atoms with Gasteiger partial charge in [0.2, 0.25) is 0 Å². The van der Waals surface area contributed by atoms with E-state index in [1.165, 1.54) is 0 Å². The normalized spacial score (nSPS) is 18.8. The molecule has 7 heteroatoms. The number of hydrogen-bond donors (Lipinski definition) is 1. The van der Waals surface area contributed by atoms with Crippen molar-refractivity contribution < 1.29 is 9.66 Å². The Morgan fingerprint density at radius 1 is 1.24 bits per heavy atom. The molecule has 7 nitrogen and oxygen atoms in total. The zero-order chi connectivity index (χ0) is 24.5. The Balaban J connectivity index is 1.45. The van der Waals surface area contributed by atoms with E-state index in [1.54, 1.807) is 0 Å². The maximum Gasteiger partial charge on any atom is 0.277 e. The van der Waals surface area contributed by atoms with Crippen LogP contribution in [0.1, 0.15) is 54.5 Å². The molecule has 2 N–H and O–H groups in total. The molecule has 2 heterocycles. The molecule has 0 bridgehead atoms. The summed E-state index contributed by atoms with van der Waals surface area (Å²) in [4.78, 5) is 18.8. The Morgan fingerprint density at radius 2 is 1.91 bits per heavy atom. The predicted octanol–water partition coefficient (Wildman–Crippen LogP) is 4.96. The van der Waals surface area contributed by atoms with Gasteiger partial charge in [0, 0.05) is 54.7 Å². The summed E-state index contributed by atoms with van der Waals surface area (Å²) in [5.74, 6) is 0.838. The summed E-state index contributed by atoms with van der Waals surface area (Å²) in [6.45, 7) is 10.1. The van der Waals surface area contributed by atoms with Crippen molar-refractivity contribution in [3.63, 3.8) is 0 Å². The van der Waals surface area contributed by atoms with Crippen molar-refractivity contribution in [3.8, 4) is 5.75 Å². The monoisotopic (exact) mass is 462 g/mol. The molecule has 4 rings (SSSR count). The van der Waals surface area contributed by atoms with Crippen LogP contribution in [0.4, 0.5) is 5.69 Å². The van der Waals surface area contributed by atoms with Crippen LogP contribution in [-0.4, -0.2) is 40.8 Å². The number of nitrogens with two attached hydrogens (primary N) is 1. The molecule has 2 aliphatic rings. The lowest BCUT2D eigenvalue weighted by molar-refractivity contribution is -0.386. The third-order valence-electron chi connectivity index (χ3n) is 6.94. The quantitative estimate of drug-likeness (QED) is 0.372. The predicted molar refractivity (Wildman–Crippen MR) is 136 cm³/mol. The number of piperidine rings is 1. The van der Waals surface area contributed by atoms with E-state index in [0.717, 1.165) is 53.9 Å². The van der Waals surface area contributed by atoms with E-state index in [1.807, 2.05) is 70.3 Å². The molecule has 0 aliphatic carbocycles. The smallest absolute Gasteiger partial charge is 0.277 e. The number of benzene rings is 2. The lowest BCUT2D eigenvalue weighted by atomic mass is 9.91. The molecule has 34 heavy (non-hydrogen) atoms. The summed E-state index contributed by atoms with van der Waals surface area (Å²) in [7, 11) is 0. The minimum absolute atomic E-state index is 0.218. The number of hydrogen-bond acceptors (Lipinski definition) is 6. The second kappa shape index (κ2) is 9.58. The minimum Gasteiger partial charge on any atom is -0.487 e. The van der Waals surface area contributed by atoms with Crippen molar-refractivity contribution in [3.05, 3.63) is 74.3 Å². The van der Waals surface area contributed by atoms with Crippen molar-refractivity contribution in [1.29, 1.82) is 0 Å². The summed E-state index contributed by atoms with van der Waals surface area (Å²) < 4.78 is 6.21. The van der Waals surface area contributed by atoms with E-state index in [9.17, 15) is 10.1 Å². The van der Waals surface area contributed by atoms with E-state index in [-0.39, 0.29) is 22.3 Å². The van der Waals surface area contributed by atoms with E-state index in [0.29, 0.717) is 24.2 Å². The average molecular weight is 463 g/mol. The third kappa shape index (κ3) is 4.99. The topological polar surface area (TPSA) is 94.0 Å². The van der Waals surface area contributed by atoms with Crippen molar-refractivity contribution in [2.45, 2.75) is 65.1 Å². The van der Waals surface area contributed by atoms with Gasteiger partial charge in [-0.25, -0.2) is 0 Å². The van der Waals surface area contributed by atoms with Crippen LogP contribution >= 0.6 is 0 Å². The molecule has 180 valence electrons. The van der Waals surface area contributed by atoms with E-state index in [4.69, 9.17) is 15.5 Å². The molecule has 0 aromatic heterocycles. The standard InChI is InChI=1S/C27H34N4O3/c1-18-19(2)26-22(16-27(3,4)34-26)23(25(18)31(32)33)17-30-14-11-21(12-15-30)29-13-10-24(28)20-8-6-5-7-9-20/h5-10,13,21H,11-12,14-17,28H2,1-4H3. The van der Waals surface area contributed by atoms with Gasteiger partial charge in [-0.1, -0.05) is 30.3 Å². The van der Waals surface area contributed by atoms with Gasteiger partial charge < -0.3 is 10.5 Å². The van der Waals surface area contributed by atoms with Gasteiger partial charge in [0.15, 0.2) is 0 Å². The molecule has 2 aromatic carbocycles. The van der Waals surface area contributed by atoms with Gasteiger partial charge in [0.25, 0.3) is 5.69 Å². The molecule has 0 atom stereocenters. The van der Waals surface area contributed by atoms with Crippen LogP contribution in [0.5, 0.6) is 5.75 Å². The Bertz CT molecular complexity index is 1130. The minimum atomic E-state index is -0.347. The van der Waals surface area contributed by atoms with Crippen LogP contribution in [0.15, 0.2) is 41.4 Å². The molecule has 1 saturated heterocycles. The van der Waals surface area contributed by atoms with Gasteiger partial charge in [-0.05, 0) is 52.2 Å². The van der Waals surface area contributed by atoms with Crippen LogP contribution in [0.25, 0.3) is 5.70 Å². The second-order valence-electron chi connectivity index (χ2n) is 9.97. The number of likely N-dealkylation sites (tertiary alicyclic amines) is 1. The molecule has 0 amide bonds. The molecule has 2 aliphatic heterocycles. The fourth-order valence-corrected chi connectivity index (χ4v) is 4.98. The number of ether oxygens (including phenoxy) is 1. The molecule has 0 spiro atoms. The van der Waals surface area contributed by atoms with Gasteiger partial charge >= 0.3 is 0 Å². The SMILES string of the molecule is Cc1c(C)c([N+](=O)[O-])c(CN2CCC(N=CC=C(N)c3ccccc3)CC2)c2c1OC(C)(C)C2. The molecule has 1 fully saturated rings. The molecular formula is C27H34N4O3. The number of nitro groups is 1. The van der Waals surface area contributed by atoms with Crippen LogP contribution in [0.3, 0.4) is 0 Å². The molecule has 2 aromatic rings. The summed E-state index contributed by atoms with van der Waals surface area (Å²) >= 11 is 0. The number of nitrogens with zero attached hydrogens (tertiary/aromatic N) is 3. The lowest BCUT2D eigenvalue weighted by Gasteiger charge is -2.30. The van der Waals surface area contributed by atoms with Crippen LogP contribution in [0, 0.1) is 24.0 Å². The highest BCUT2D eigenvalue weighted by atomic mass is 16.6. The van der Waals surface area contributed by atoms with E-state index in [2.05, 4.69) is 4.90 Å². The highest BCUT2D eigenvalue weighted by Gasteiger charge is 2.38. The summed E-state index contributed by atoms with van der Waals surface area (Å²) in [5, 5.41) is 12.0. The second-order valence-corrected chi connectivity index (χ2v) is 9.97. The van der Waals surface area contributed by atoms with E-state index < -0.39 is 0 Å². The van der Waals surface area contributed by atoms with E-state index >= 15 is 0 Å². The lowest BCUT2D eigenvalue weighted by Crippen LogP contribution is -2.35. The molecule has 0 radical (unpaired) electrons. The maximum atomic E-state index is 12.0. The van der Waals surface area contributed by atoms with Crippen LogP contribution in [0.2, 0.25) is 0 Å². The summed E-state index contributed by atoms with van der Waals surface area (Å²) in [6.07, 6.45) is 6.18. The molecule has 0 saturated carbocycles. The van der Waals surface area contributed by atoms with Crippen molar-refractivity contribution in [2.75, 3.05) is 13.1 Å². The summed E-state index contributed by atoms with van der Waals surface area (Å²) in [6, 6.07) is 10.1. The van der Waals surface area contributed by atoms with Gasteiger partial charge in [-0.3, -0.25) is 20.0 Å². The third-order valence-corrected chi connectivity index (χ3v) is 6.94. The fourth-order valence-electron chi connectivity index (χ4n) is 4.98. The highest BCUT2D eigenvalue weighted by Crippen LogP contribution is 2.46. The number of rotatable bonds is 6. The van der Waals surface area contributed by atoms with Gasteiger partial charge in [0.1, 0.15) is 11.4 Å². The van der Waals surface area contributed by atoms with Crippen molar-refractivity contribution in [1.82, 2.24) is 4.90 Å². The first kappa shape index (κ1) is 24.0. The Kier molecular flexibility index (Phi) is 6.75.